The summed E-state index contributed by atoms with van der Waals surface area (Å²) in [5, 5.41) is 0. The van der Waals surface area contributed by atoms with Crippen molar-refractivity contribution in [2.75, 3.05) is 0 Å². The molecule has 0 bridgehead atoms. The van der Waals surface area contributed by atoms with E-state index in [4.69, 9.17) is 5.73 Å². The molecule has 1 atom stereocenters. The summed E-state index contributed by atoms with van der Waals surface area (Å²) >= 11 is 0. The molecule has 0 saturated carbocycles. The molecule has 1 nitrogen and oxygen atoms in total. The normalized spacial score (nSPS) is 14.5. The average Bonchev–Trinajstić information content (AvgIpc) is 2.05. The van der Waals surface area contributed by atoms with E-state index in [-0.39, 0.29) is 9.04 Å². The van der Waals surface area contributed by atoms with Gasteiger partial charge in [0.05, 0.1) is 0 Å². The van der Waals surface area contributed by atoms with Crippen LogP contribution in [0.5, 0.6) is 0 Å². The maximum Gasteiger partial charge on any atom is 0.0302 e. The molecule has 0 amide bonds. The van der Waals surface area contributed by atoms with Crippen molar-refractivity contribution < 1.29 is 0 Å². The third kappa shape index (κ3) is 1.80. The van der Waals surface area contributed by atoms with E-state index in [0.717, 1.165) is 0 Å². The molecular weight excluding hydrogens is 154 g/mol. The predicted octanol–water partition coefficient (Wildman–Crippen LogP) is -0.907. The Morgan fingerprint density at radius 1 is 1.30 bits per heavy atom. The molecule has 0 saturated heterocycles. The molecule has 0 aliphatic rings. The van der Waals surface area contributed by atoms with Crippen molar-refractivity contribution in [2.24, 2.45) is 5.73 Å². The Labute approximate surface area is 66.7 Å². The molecule has 3 heteroatoms. The minimum Gasteiger partial charge on any atom is -0.327 e. The summed E-state index contributed by atoms with van der Waals surface area (Å²) in [7, 11) is 1.38. The molecule has 0 heterocycles. The highest BCUT2D eigenvalue weighted by Gasteiger charge is 1.99. The van der Waals surface area contributed by atoms with E-state index in [9.17, 15) is 0 Å². The van der Waals surface area contributed by atoms with Gasteiger partial charge in [-0.25, -0.2) is 0 Å². The Morgan fingerprint density at radius 2 is 1.90 bits per heavy atom. The first kappa shape index (κ1) is 7.72. The van der Waals surface area contributed by atoms with Crippen LogP contribution >= 0.6 is 0 Å². The number of rotatable bonds is 2. The highest BCUT2D eigenvalue weighted by Crippen LogP contribution is 2.05. The smallest absolute Gasteiger partial charge is 0.0302 e. The minimum atomic E-state index is 0.0568. The van der Waals surface area contributed by atoms with Crippen LogP contribution in [-0.2, 0) is 0 Å². The first-order valence-corrected chi connectivity index (χ1v) is 10.1. The molecule has 0 aromatic heterocycles. The van der Waals surface area contributed by atoms with Crippen LogP contribution in [0.25, 0.3) is 0 Å². The SMILES string of the molecule is NC([SiH2][SiH3])c1ccccc1. The highest BCUT2D eigenvalue weighted by atomic mass is 29.1. The first-order valence-electron chi connectivity index (χ1n) is 3.65. The van der Waals surface area contributed by atoms with Crippen molar-refractivity contribution in [1.82, 2.24) is 0 Å². The largest absolute Gasteiger partial charge is 0.327 e. The molecule has 0 radical (unpaired) electrons. The number of hydrogen-bond acceptors (Lipinski definition) is 1. The molecule has 54 valence electrons. The van der Waals surface area contributed by atoms with E-state index in [1.54, 1.807) is 0 Å². The van der Waals surface area contributed by atoms with E-state index < -0.39 is 0 Å². The molecule has 1 aromatic rings. The van der Waals surface area contributed by atoms with Crippen LogP contribution in [0.15, 0.2) is 30.3 Å². The van der Waals surface area contributed by atoms with Crippen molar-refractivity contribution in [3.05, 3.63) is 35.9 Å². The van der Waals surface area contributed by atoms with Gasteiger partial charge in [-0.15, -0.1) is 0 Å². The second kappa shape index (κ2) is 3.70. The van der Waals surface area contributed by atoms with Crippen molar-refractivity contribution in [1.29, 1.82) is 0 Å². The lowest BCUT2D eigenvalue weighted by molar-refractivity contribution is 1.01. The summed E-state index contributed by atoms with van der Waals surface area (Å²) in [6, 6.07) is 10.4. The van der Waals surface area contributed by atoms with Gasteiger partial charge in [-0.3, -0.25) is 0 Å². The first-order chi connectivity index (χ1) is 4.84. The zero-order valence-corrected chi connectivity index (χ0v) is 9.66. The standard InChI is InChI=1S/C7H13NSi2/c8-7(10-9)6-4-2-1-3-5-6/h1-5,7H,8,10H2,9H3. The molecule has 10 heavy (non-hydrogen) atoms. The zero-order chi connectivity index (χ0) is 7.40. The van der Waals surface area contributed by atoms with Crippen LogP contribution in [-0.4, -0.2) is 18.8 Å². The Morgan fingerprint density at radius 3 is 2.40 bits per heavy atom. The maximum absolute atomic E-state index is 5.89. The van der Waals surface area contributed by atoms with Gasteiger partial charge in [0.25, 0.3) is 0 Å². The Hall–Kier alpha value is -0.386. The lowest BCUT2D eigenvalue weighted by atomic mass is 10.2. The van der Waals surface area contributed by atoms with E-state index in [2.05, 4.69) is 24.3 Å². The summed E-state index contributed by atoms with van der Waals surface area (Å²) in [5.74, 6) is 0. The van der Waals surface area contributed by atoms with Crippen molar-refractivity contribution in [3.63, 3.8) is 0 Å². The van der Waals surface area contributed by atoms with Gasteiger partial charge in [-0.1, -0.05) is 30.3 Å². The molecular formula is C7H13NSi2. The Kier molecular flexibility index (Phi) is 2.86. The quantitative estimate of drug-likeness (QED) is 0.567. The molecule has 1 aromatic carbocycles. The lowest BCUT2D eigenvalue weighted by Crippen LogP contribution is -2.17. The third-order valence-electron chi connectivity index (χ3n) is 1.67. The highest BCUT2D eigenvalue weighted by molar-refractivity contribution is 6.90. The fourth-order valence-corrected chi connectivity index (χ4v) is 3.09. The fraction of sp³-hybridized carbons (Fsp3) is 0.143. The minimum absolute atomic E-state index is 0.0568. The van der Waals surface area contributed by atoms with Gasteiger partial charge in [0.15, 0.2) is 0 Å². The number of nitrogens with two attached hydrogens (primary N) is 1. The van der Waals surface area contributed by atoms with Crippen LogP contribution < -0.4 is 5.73 Å². The molecule has 0 fully saturated rings. The van der Waals surface area contributed by atoms with Crippen molar-refractivity contribution in [2.45, 2.75) is 5.67 Å². The van der Waals surface area contributed by atoms with Crippen molar-refractivity contribution in [3.8, 4) is 0 Å². The third-order valence-corrected chi connectivity index (χ3v) is 5.66. The summed E-state index contributed by atoms with van der Waals surface area (Å²) in [5.41, 5.74) is 7.62. The average molecular weight is 167 g/mol. The van der Waals surface area contributed by atoms with Crippen LogP contribution in [0, 0.1) is 0 Å². The summed E-state index contributed by atoms with van der Waals surface area (Å²) in [6.07, 6.45) is 0. The van der Waals surface area contributed by atoms with Gasteiger partial charge in [0.2, 0.25) is 0 Å². The van der Waals surface area contributed by atoms with E-state index >= 15 is 0 Å². The van der Waals surface area contributed by atoms with Crippen LogP contribution in [0.3, 0.4) is 0 Å². The fourth-order valence-electron chi connectivity index (χ4n) is 0.936. The summed E-state index contributed by atoms with van der Waals surface area (Å²) < 4.78 is 0. The van der Waals surface area contributed by atoms with Gasteiger partial charge in [0, 0.05) is 14.7 Å². The number of benzene rings is 1. The molecule has 2 N–H and O–H groups in total. The molecule has 0 aliphatic carbocycles. The lowest BCUT2D eigenvalue weighted by Gasteiger charge is -2.06. The van der Waals surface area contributed by atoms with Crippen LogP contribution in [0.1, 0.15) is 11.2 Å². The van der Waals surface area contributed by atoms with Crippen LogP contribution in [0.4, 0.5) is 0 Å². The van der Waals surface area contributed by atoms with Gasteiger partial charge in [-0.05, 0) is 15.3 Å². The van der Waals surface area contributed by atoms with E-state index in [0.29, 0.717) is 5.67 Å². The second-order valence-corrected chi connectivity index (χ2v) is 6.57. The summed E-state index contributed by atoms with van der Waals surface area (Å²) in [6.45, 7) is 0. The van der Waals surface area contributed by atoms with E-state index in [1.807, 2.05) is 6.07 Å². The molecule has 0 aliphatic heterocycles. The molecule has 1 rings (SSSR count). The van der Waals surface area contributed by atoms with Crippen LogP contribution in [0.2, 0.25) is 0 Å². The van der Waals surface area contributed by atoms with Gasteiger partial charge < -0.3 is 5.73 Å². The molecule has 0 spiro atoms. The van der Waals surface area contributed by atoms with E-state index in [1.165, 1.54) is 15.3 Å². The topological polar surface area (TPSA) is 26.0 Å². The predicted molar refractivity (Wildman–Crippen MR) is 51.9 cm³/mol. The van der Waals surface area contributed by atoms with Gasteiger partial charge in [-0.2, -0.15) is 0 Å². The second-order valence-electron chi connectivity index (χ2n) is 2.43. The number of hydrogen-bond donors (Lipinski definition) is 1. The molecule has 1 unspecified atom stereocenters. The van der Waals surface area contributed by atoms with Gasteiger partial charge in [0.1, 0.15) is 0 Å². The Balaban J connectivity index is 2.75. The zero-order valence-electron chi connectivity index (χ0n) is 6.25. The Bertz CT molecular complexity index is 188. The van der Waals surface area contributed by atoms with Gasteiger partial charge >= 0.3 is 0 Å². The maximum atomic E-state index is 5.89. The summed E-state index contributed by atoms with van der Waals surface area (Å²) in [4.78, 5) is 0. The monoisotopic (exact) mass is 167 g/mol. The van der Waals surface area contributed by atoms with Crippen molar-refractivity contribution >= 4 is 18.8 Å².